The molecule has 0 aromatic rings. The molecule has 16 N–H and O–H groups in total. The largest absolute Gasteiger partial charge is 0.394 e. The average molecular weight is 658 g/mol. The third-order valence-corrected chi connectivity index (χ3v) is 10.0. The van der Waals surface area contributed by atoms with Crippen LogP contribution < -0.4 is 39.1 Å². The van der Waals surface area contributed by atoms with Crippen molar-refractivity contribution in [2.24, 2.45) is 34.4 Å². The normalized spacial score (nSPS) is 45.4. The minimum atomic E-state index is -3.88. The standard InChI is InChI=1S/C25H51N7O11S/c26-5-6-44(36,37)32-16-7-15(31)20(41-23-13(29)3-1-11(8-27)38-23)22(18(16)34)43-25-19(35)21(17(10-33)40-25)42-24-14(30)4-2-12(9-28)39-24/h11-25,32-35H,1-10,26-31H2/t11-,12+,13+,14+,15-,16+,17+,18-,19+,20+,21+,22+,23+,24+,25-/m0/s1. The zero-order valence-electron chi connectivity index (χ0n) is 24.7. The van der Waals surface area contributed by atoms with E-state index in [1.807, 2.05) is 0 Å². The topological polar surface area (TPSA) is 318 Å². The average Bonchev–Trinajstić information content (AvgIpc) is 3.28. The van der Waals surface area contributed by atoms with Gasteiger partial charge in [-0.3, -0.25) is 0 Å². The molecule has 4 aliphatic rings. The fraction of sp³-hybridized carbons (Fsp3) is 1.00. The van der Waals surface area contributed by atoms with E-state index in [9.17, 15) is 23.7 Å². The molecule has 0 radical (unpaired) electrons. The van der Waals surface area contributed by atoms with E-state index in [0.29, 0.717) is 25.7 Å². The lowest BCUT2D eigenvalue weighted by Gasteiger charge is -2.46. The summed E-state index contributed by atoms with van der Waals surface area (Å²) in [7, 11) is -3.88. The van der Waals surface area contributed by atoms with Crippen molar-refractivity contribution < 1.29 is 52.2 Å². The zero-order chi connectivity index (χ0) is 32.2. The lowest BCUT2D eigenvalue weighted by Crippen LogP contribution is -2.66. The monoisotopic (exact) mass is 657 g/mol. The molecule has 0 aromatic heterocycles. The molecule has 4 rings (SSSR count). The van der Waals surface area contributed by atoms with E-state index in [0.717, 1.165) is 0 Å². The molecule has 3 heterocycles. The maximum Gasteiger partial charge on any atom is 0.213 e. The summed E-state index contributed by atoms with van der Waals surface area (Å²) < 4.78 is 63.4. The van der Waals surface area contributed by atoms with Gasteiger partial charge in [-0.25, -0.2) is 13.1 Å². The molecule has 19 heteroatoms. The predicted molar refractivity (Wildman–Crippen MR) is 155 cm³/mol. The summed E-state index contributed by atoms with van der Waals surface area (Å²) in [6.45, 7) is -0.197. The Labute approximate surface area is 257 Å². The SMILES string of the molecule is NCCS(=O)(=O)N[C@@H]1C[C@H](N)[C@@H](O[C@H]2O[C@H](CN)CC[C@H]2N)[C@H](O[C@@H]2O[C@H](CO)[C@@H](O[C@H]3O[C@@H](CN)CC[C@H]3N)[C@H]2O)[C@H]1O. The fourth-order valence-corrected chi connectivity index (χ4v) is 7.21. The van der Waals surface area contributed by atoms with Crippen LogP contribution in [0, 0.1) is 0 Å². The quantitative estimate of drug-likeness (QED) is 0.0881. The number of rotatable bonds is 13. The molecule has 0 amide bonds. The summed E-state index contributed by atoms with van der Waals surface area (Å²) in [4.78, 5) is 0. The molecule has 0 bridgehead atoms. The number of aliphatic hydroxyl groups is 3. The highest BCUT2D eigenvalue weighted by molar-refractivity contribution is 7.89. The Kier molecular flexibility index (Phi) is 13.1. The number of aliphatic hydroxyl groups excluding tert-OH is 3. The van der Waals surface area contributed by atoms with Gasteiger partial charge in [0.05, 0.1) is 48.8 Å². The van der Waals surface area contributed by atoms with Crippen LogP contribution in [0.3, 0.4) is 0 Å². The molecule has 258 valence electrons. The van der Waals surface area contributed by atoms with E-state index >= 15 is 0 Å². The third kappa shape index (κ3) is 8.61. The van der Waals surface area contributed by atoms with Gasteiger partial charge >= 0.3 is 0 Å². The van der Waals surface area contributed by atoms with Crippen molar-refractivity contribution in [1.82, 2.24) is 4.72 Å². The van der Waals surface area contributed by atoms with Gasteiger partial charge in [-0.15, -0.1) is 0 Å². The lowest BCUT2D eigenvalue weighted by atomic mass is 9.84. The minimum Gasteiger partial charge on any atom is -0.394 e. The van der Waals surface area contributed by atoms with Crippen LogP contribution in [-0.4, -0.2) is 148 Å². The zero-order valence-corrected chi connectivity index (χ0v) is 25.5. The molecular formula is C25H51N7O11S. The van der Waals surface area contributed by atoms with Crippen LogP contribution in [0.1, 0.15) is 32.1 Å². The van der Waals surface area contributed by atoms with Crippen LogP contribution in [0.2, 0.25) is 0 Å². The number of ether oxygens (including phenoxy) is 6. The first kappa shape index (κ1) is 36.2. The molecule has 0 spiro atoms. The first-order valence-electron chi connectivity index (χ1n) is 15.2. The lowest BCUT2D eigenvalue weighted by molar-refractivity contribution is -0.288. The molecule has 3 aliphatic heterocycles. The maximum absolute atomic E-state index is 12.5. The second-order valence-corrected chi connectivity index (χ2v) is 13.8. The molecule has 15 atom stereocenters. The first-order chi connectivity index (χ1) is 20.9. The van der Waals surface area contributed by atoms with Crippen molar-refractivity contribution in [3.05, 3.63) is 0 Å². The van der Waals surface area contributed by atoms with E-state index in [1.54, 1.807) is 0 Å². The van der Waals surface area contributed by atoms with Gasteiger partial charge in [-0.2, -0.15) is 0 Å². The van der Waals surface area contributed by atoms with Gasteiger partial charge in [-0.05, 0) is 32.1 Å². The summed E-state index contributed by atoms with van der Waals surface area (Å²) in [6.07, 6.45) is -9.21. The van der Waals surface area contributed by atoms with Gasteiger partial charge in [-0.1, -0.05) is 0 Å². The Hall–Kier alpha value is -0.690. The molecular weight excluding hydrogens is 606 g/mol. The van der Waals surface area contributed by atoms with E-state index in [4.69, 9.17) is 62.8 Å². The van der Waals surface area contributed by atoms with Crippen LogP contribution in [0.4, 0.5) is 0 Å². The molecule has 18 nitrogen and oxygen atoms in total. The van der Waals surface area contributed by atoms with Crippen molar-refractivity contribution in [3.63, 3.8) is 0 Å². The van der Waals surface area contributed by atoms with Crippen molar-refractivity contribution in [3.8, 4) is 0 Å². The van der Waals surface area contributed by atoms with Gasteiger partial charge in [0.2, 0.25) is 10.0 Å². The van der Waals surface area contributed by atoms with Crippen molar-refractivity contribution in [2.75, 3.05) is 32.0 Å². The number of nitrogens with two attached hydrogens (primary N) is 6. The van der Waals surface area contributed by atoms with E-state index < -0.39 is 96.3 Å². The molecule has 0 aromatic carbocycles. The van der Waals surface area contributed by atoms with Gasteiger partial charge in [0.25, 0.3) is 0 Å². The van der Waals surface area contributed by atoms with Crippen molar-refractivity contribution in [1.29, 1.82) is 0 Å². The van der Waals surface area contributed by atoms with Crippen LogP contribution in [0.25, 0.3) is 0 Å². The summed E-state index contributed by atoms with van der Waals surface area (Å²) in [6, 6.07) is -3.03. The number of sulfonamides is 1. The van der Waals surface area contributed by atoms with Gasteiger partial charge in [0.15, 0.2) is 18.9 Å². The Balaban J connectivity index is 1.54. The smallest absolute Gasteiger partial charge is 0.213 e. The Bertz CT molecular complexity index is 1010. The van der Waals surface area contributed by atoms with Crippen LogP contribution in [0.5, 0.6) is 0 Å². The second-order valence-electron chi connectivity index (χ2n) is 11.9. The molecule has 4 fully saturated rings. The Morgan fingerprint density at radius 2 is 1.27 bits per heavy atom. The predicted octanol–water partition coefficient (Wildman–Crippen LogP) is -5.86. The minimum absolute atomic E-state index is 0.0317. The number of hydrogen-bond acceptors (Lipinski definition) is 17. The Morgan fingerprint density at radius 3 is 1.80 bits per heavy atom. The van der Waals surface area contributed by atoms with Crippen LogP contribution in [0.15, 0.2) is 0 Å². The second kappa shape index (κ2) is 15.9. The highest BCUT2D eigenvalue weighted by atomic mass is 32.2. The molecule has 44 heavy (non-hydrogen) atoms. The van der Waals surface area contributed by atoms with E-state index in [2.05, 4.69) is 4.72 Å². The van der Waals surface area contributed by atoms with Crippen molar-refractivity contribution in [2.45, 2.75) is 124 Å². The molecule has 1 aliphatic carbocycles. The first-order valence-corrected chi connectivity index (χ1v) is 16.8. The van der Waals surface area contributed by atoms with Crippen LogP contribution >= 0.6 is 0 Å². The molecule has 0 unspecified atom stereocenters. The van der Waals surface area contributed by atoms with Crippen LogP contribution in [-0.2, 0) is 38.4 Å². The summed E-state index contributed by atoms with van der Waals surface area (Å²) in [5.41, 5.74) is 35.9. The number of hydrogen-bond donors (Lipinski definition) is 10. The van der Waals surface area contributed by atoms with Gasteiger partial charge in [0, 0.05) is 25.7 Å². The summed E-state index contributed by atoms with van der Waals surface area (Å²) in [5.74, 6) is -0.375. The number of nitrogens with one attached hydrogen (secondary N) is 1. The highest BCUT2D eigenvalue weighted by Gasteiger charge is 2.53. The van der Waals surface area contributed by atoms with E-state index in [1.165, 1.54) is 0 Å². The molecule has 1 saturated carbocycles. The van der Waals surface area contributed by atoms with E-state index in [-0.39, 0.29) is 44.0 Å². The third-order valence-electron chi connectivity index (χ3n) is 8.60. The summed E-state index contributed by atoms with van der Waals surface area (Å²) >= 11 is 0. The fourth-order valence-electron chi connectivity index (χ4n) is 6.09. The Morgan fingerprint density at radius 1 is 0.727 bits per heavy atom. The highest BCUT2D eigenvalue weighted by Crippen LogP contribution is 2.34. The van der Waals surface area contributed by atoms with Gasteiger partial charge in [0.1, 0.15) is 30.5 Å². The summed E-state index contributed by atoms with van der Waals surface area (Å²) in [5, 5.41) is 32.8. The molecule has 3 saturated heterocycles. The van der Waals surface area contributed by atoms with Gasteiger partial charge < -0.3 is 78.1 Å². The maximum atomic E-state index is 12.5. The van der Waals surface area contributed by atoms with Crippen molar-refractivity contribution >= 4 is 10.0 Å².